The van der Waals surface area contributed by atoms with Crippen molar-refractivity contribution < 1.29 is 18.7 Å². The number of nitrogens with zero attached hydrogens (tertiary/aromatic N) is 5. The minimum atomic E-state index is -0.576. The maximum absolute atomic E-state index is 15.5. The summed E-state index contributed by atoms with van der Waals surface area (Å²) in [5.74, 6) is -0.260. The molecule has 4 aromatic rings. The van der Waals surface area contributed by atoms with Gasteiger partial charge in [-0.15, -0.1) is 0 Å². The third kappa shape index (κ3) is 5.35. The van der Waals surface area contributed by atoms with E-state index in [1.165, 1.54) is 17.0 Å². The van der Waals surface area contributed by atoms with Crippen molar-refractivity contribution >= 4 is 28.5 Å². The maximum Gasteiger partial charge on any atom is 0.330 e. The number of anilines is 1. The molecule has 0 radical (unpaired) electrons. The number of fused-ring (bicyclic) bond motifs is 1. The van der Waals surface area contributed by atoms with Crippen LogP contribution in [-0.2, 0) is 11.3 Å². The number of benzene rings is 2. The normalized spacial score (nSPS) is 14.1. The molecular weight excluding hydrogens is 487 g/mol. The maximum atomic E-state index is 15.5. The number of carbonyl (C=O) groups excluding carboxylic acids is 2. The fraction of sp³-hybridized carbons (Fsp3) is 0.286. The number of hydrogen-bond acceptors (Lipinski definition) is 6. The molecule has 0 aliphatic carbocycles. The summed E-state index contributed by atoms with van der Waals surface area (Å²) in [5, 5.41) is 3.14. The predicted octanol–water partition coefficient (Wildman–Crippen LogP) is 4.72. The zero-order valence-corrected chi connectivity index (χ0v) is 21.6. The molecule has 2 aromatic heterocycles. The summed E-state index contributed by atoms with van der Waals surface area (Å²) >= 11 is 0. The second kappa shape index (κ2) is 10.6. The topological polar surface area (TPSA) is 92.6 Å². The van der Waals surface area contributed by atoms with Crippen molar-refractivity contribution in [3.63, 3.8) is 0 Å². The molecule has 1 fully saturated rings. The van der Waals surface area contributed by atoms with Gasteiger partial charge in [0, 0.05) is 62.5 Å². The highest BCUT2D eigenvalue weighted by Crippen LogP contribution is 2.32. The van der Waals surface area contributed by atoms with Gasteiger partial charge in [0.15, 0.2) is 11.6 Å². The number of aromatic nitrogens is 3. The lowest BCUT2D eigenvalue weighted by Crippen LogP contribution is -2.47. The van der Waals surface area contributed by atoms with E-state index < -0.39 is 5.82 Å². The van der Waals surface area contributed by atoms with E-state index in [0.29, 0.717) is 36.5 Å². The third-order valence-corrected chi connectivity index (χ3v) is 6.66. The number of ether oxygens (including phenoxy) is 1. The zero-order valence-electron chi connectivity index (χ0n) is 21.6. The first-order chi connectivity index (χ1) is 18.3. The lowest BCUT2D eigenvalue weighted by molar-refractivity contribution is -0.130. The molecule has 3 heterocycles. The van der Waals surface area contributed by atoms with E-state index in [9.17, 15) is 9.59 Å². The number of piperazine rings is 1. The predicted molar refractivity (Wildman–Crippen MR) is 142 cm³/mol. The number of amides is 2. The van der Waals surface area contributed by atoms with Crippen LogP contribution in [0.15, 0.2) is 54.9 Å². The number of halogens is 1. The van der Waals surface area contributed by atoms with Gasteiger partial charge in [-0.3, -0.25) is 14.3 Å². The van der Waals surface area contributed by atoms with E-state index in [1.54, 1.807) is 38.1 Å². The Morgan fingerprint density at radius 1 is 1.03 bits per heavy atom. The Labute approximate surface area is 219 Å². The molecule has 5 rings (SSSR count). The molecule has 9 nitrogen and oxygen atoms in total. The van der Waals surface area contributed by atoms with Crippen molar-refractivity contribution in [1.29, 1.82) is 0 Å². The molecule has 0 atom stereocenters. The van der Waals surface area contributed by atoms with Crippen LogP contribution >= 0.6 is 0 Å². The van der Waals surface area contributed by atoms with Crippen LogP contribution in [-0.4, -0.2) is 62.5 Å². The van der Waals surface area contributed by atoms with Crippen molar-refractivity contribution in [1.82, 2.24) is 24.3 Å². The molecule has 1 aliphatic rings. The Morgan fingerprint density at radius 2 is 1.82 bits per heavy atom. The minimum absolute atomic E-state index is 0.00784. The number of aryl methyl sites for hydroxylation is 2. The minimum Gasteiger partial charge on any atom is -0.436 e. The van der Waals surface area contributed by atoms with Crippen LogP contribution in [0.3, 0.4) is 0 Å². The molecule has 10 heteroatoms. The molecule has 2 aromatic carbocycles. The largest absolute Gasteiger partial charge is 0.436 e. The van der Waals surface area contributed by atoms with Gasteiger partial charge < -0.3 is 15.0 Å². The molecular formula is C28H29FN6O3. The van der Waals surface area contributed by atoms with E-state index in [4.69, 9.17) is 4.74 Å². The van der Waals surface area contributed by atoms with E-state index in [2.05, 4.69) is 20.2 Å². The first kappa shape index (κ1) is 25.3. The summed E-state index contributed by atoms with van der Waals surface area (Å²) in [6.07, 6.45) is 1.39. The van der Waals surface area contributed by atoms with Crippen LogP contribution in [0.2, 0.25) is 0 Å². The van der Waals surface area contributed by atoms with Gasteiger partial charge in [0.2, 0.25) is 11.8 Å². The summed E-state index contributed by atoms with van der Waals surface area (Å²) in [6, 6.07) is 13.6. The van der Waals surface area contributed by atoms with E-state index in [-0.39, 0.29) is 29.0 Å². The molecule has 0 saturated carbocycles. The average Bonchev–Trinajstić information content (AvgIpc) is 3.23. The molecule has 1 N–H and O–H groups in total. The van der Waals surface area contributed by atoms with Crippen molar-refractivity contribution in [2.45, 2.75) is 27.3 Å². The second-order valence-corrected chi connectivity index (χ2v) is 9.46. The fourth-order valence-corrected chi connectivity index (χ4v) is 4.69. The van der Waals surface area contributed by atoms with Crippen LogP contribution in [0.1, 0.15) is 23.9 Å². The van der Waals surface area contributed by atoms with Gasteiger partial charge >= 0.3 is 6.03 Å². The van der Waals surface area contributed by atoms with Gasteiger partial charge in [-0.1, -0.05) is 12.1 Å². The van der Waals surface area contributed by atoms with Crippen molar-refractivity contribution in [2.24, 2.45) is 0 Å². The van der Waals surface area contributed by atoms with Crippen molar-refractivity contribution in [3.05, 3.63) is 77.6 Å². The highest BCUT2D eigenvalue weighted by Gasteiger charge is 2.21. The van der Waals surface area contributed by atoms with Gasteiger partial charge in [0.1, 0.15) is 6.33 Å². The summed E-state index contributed by atoms with van der Waals surface area (Å²) in [7, 11) is 0. The SMILES string of the molecule is CC(=O)N1CCN(Cc2cc(Oc3ccc4c(cc(C)n4C(=O)Nc4cccc(C)c4)c3F)ncn2)CC1. The standard InChI is InChI=1S/C28H29FN6O3/c1-18-5-4-6-21(13-18)32-28(37)35-19(2)14-23-24(35)7-8-25(27(23)29)38-26-15-22(30-17-31-26)16-33-9-11-34(12-10-33)20(3)36/h4-8,13-15,17H,9-12,16H2,1-3H3,(H,32,37). The van der Waals surface area contributed by atoms with E-state index in [0.717, 1.165) is 24.3 Å². The number of nitrogens with one attached hydrogen (secondary N) is 1. The van der Waals surface area contributed by atoms with Crippen molar-refractivity contribution in [2.75, 3.05) is 31.5 Å². The number of carbonyl (C=O) groups is 2. The molecule has 0 spiro atoms. The van der Waals surface area contributed by atoms with Gasteiger partial charge in [-0.25, -0.2) is 19.2 Å². The first-order valence-electron chi connectivity index (χ1n) is 12.4. The monoisotopic (exact) mass is 516 g/mol. The molecule has 0 unspecified atom stereocenters. The summed E-state index contributed by atoms with van der Waals surface area (Å²) in [4.78, 5) is 37.1. The van der Waals surface area contributed by atoms with Crippen LogP contribution in [0.4, 0.5) is 14.9 Å². The zero-order chi connectivity index (χ0) is 26.8. The second-order valence-electron chi connectivity index (χ2n) is 9.46. The average molecular weight is 517 g/mol. The first-order valence-corrected chi connectivity index (χ1v) is 12.4. The molecule has 38 heavy (non-hydrogen) atoms. The Morgan fingerprint density at radius 3 is 2.55 bits per heavy atom. The van der Waals surface area contributed by atoms with Crippen LogP contribution < -0.4 is 10.1 Å². The lowest BCUT2D eigenvalue weighted by atomic mass is 10.2. The smallest absolute Gasteiger partial charge is 0.330 e. The van der Waals surface area contributed by atoms with Gasteiger partial charge in [-0.05, 0) is 49.7 Å². The Hall–Kier alpha value is -4.31. The van der Waals surface area contributed by atoms with E-state index in [1.807, 2.05) is 30.0 Å². The summed E-state index contributed by atoms with van der Waals surface area (Å²) in [6.45, 7) is 8.70. The highest BCUT2D eigenvalue weighted by atomic mass is 19.1. The summed E-state index contributed by atoms with van der Waals surface area (Å²) < 4.78 is 22.8. The molecule has 1 saturated heterocycles. The molecule has 1 aliphatic heterocycles. The lowest BCUT2D eigenvalue weighted by Gasteiger charge is -2.33. The van der Waals surface area contributed by atoms with Crippen LogP contribution in [0, 0.1) is 19.7 Å². The quantitative estimate of drug-likeness (QED) is 0.413. The highest BCUT2D eigenvalue weighted by molar-refractivity contribution is 6.00. The fourth-order valence-electron chi connectivity index (χ4n) is 4.69. The molecule has 2 amide bonds. The Bertz CT molecular complexity index is 1510. The van der Waals surface area contributed by atoms with Crippen LogP contribution in [0.25, 0.3) is 10.9 Å². The summed E-state index contributed by atoms with van der Waals surface area (Å²) in [5.41, 5.74) is 3.45. The Kier molecular flexibility index (Phi) is 7.06. The van der Waals surface area contributed by atoms with E-state index >= 15 is 4.39 Å². The van der Waals surface area contributed by atoms with Crippen molar-refractivity contribution in [3.8, 4) is 11.6 Å². The third-order valence-electron chi connectivity index (χ3n) is 6.66. The van der Waals surface area contributed by atoms with Gasteiger partial charge in [-0.2, -0.15) is 0 Å². The molecule has 196 valence electrons. The number of hydrogen-bond donors (Lipinski definition) is 1. The number of rotatable bonds is 5. The van der Waals surface area contributed by atoms with Crippen LogP contribution in [0.5, 0.6) is 11.6 Å². The Balaban J connectivity index is 1.32. The van der Waals surface area contributed by atoms with Gasteiger partial charge in [0.05, 0.1) is 11.2 Å². The van der Waals surface area contributed by atoms with Gasteiger partial charge in [0.25, 0.3) is 0 Å². The molecule has 0 bridgehead atoms.